The van der Waals surface area contributed by atoms with Crippen LogP contribution in [0.15, 0.2) is 66.4 Å². The van der Waals surface area contributed by atoms with Gasteiger partial charge in [0.05, 0.1) is 20.3 Å². The summed E-state index contributed by atoms with van der Waals surface area (Å²) in [4.78, 5) is 25.7. The molecule has 148 valence electrons. The first kappa shape index (κ1) is 21.2. The standard InChI is InChI=1S/C22H26N2O4/c1-4-24(15-17-9-6-5-7-10-17)16-18-11-8-12-19(13-18)23-20(22(26)28-3)14-21(25)27-2/h5-14,23H,4,15-16H2,1-3H3/b20-14+. The summed E-state index contributed by atoms with van der Waals surface area (Å²) in [5, 5.41) is 2.94. The lowest BCUT2D eigenvalue weighted by Crippen LogP contribution is -2.22. The van der Waals surface area contributed by atoms with Crippen LogP contribution in [0.4, 0.5) is 5.69 Å². The second-order valence-corrected chi connectivity index (χ2v) is 6.19. The molecule has 0 atom stereocenters. The first-order chi connectivity index (χ1) is 13.5. The third kappa shape index (κ3) is 6.55. The number of esters is 2. The van der Waals surface area contributed by atoms with Crippen molar-refractivity contribution in [2.24, 2.45) is 0 Å². The van der Waals surface area contributed by atoms with Crippen LogP contribution in [-0.4, -0.2) is 37.6 Å². The van der Waals surface area contributed by atoms with Crippen molar-refractivity contribution in [1.29, 1.82) is 0 Å². The SMILES string of the molecule is CCN(Cc1ccccc1)Cc1cccc(N/C(=C/C(=O)OC)C(=O)OC)c1. The maximum atomic E-state index is 11.9. The van der Waals surface area contributed by atoms with Crippen molar-refractivity contribution in [3.8, 4) is 0 Å². The van der Waals surface area contributed by atoms with E-state index in [1.165, 1.54) is 19.8 Å². The number of anilines is 1. The zero-order chi connectivity index (χ0) is 20.4. The Kier molecular flexibility index (Phi) is 8.24. The van der Waals surface area contributed by atoms with Gasteiger partial charge in [-0.1, -0.05) is 49.4 Å². The second kappa shape index (κ2) is 10.9. The first-order valence-electron chi connectivity index (χ1n) is 9.06. The Morgan fingerprint density at radius 3 is 2.29 bits per heavy atom. The molecule has 0 aliphatic carbocycles. The van der Waals surface area contributed by atoms with Crippen molar-refractivity contribution in [1.82, 2.24) is 4.90 Å². The number of hydrogen-bond acceptors (Lipinski definition) is 6. The molecule has 28 heavy (non-hydrogen) atoms. The topological polar surface area (TPSA) is 67.9 Å². The molecular formula is C22H26N2O4. The Morgan fingerprint density at radius 1 is 0.964 bits per heavy atom. The molecule has 0 fully saturated rings. The molecule has 6 heteroatoms. The van der Waals surface area contributed by atoms with Crippen LogP contribution in [0.25, 0.3) is 0 Å². The molecular weight excluding hydrogens is 356 g/mol. The summed E-state index contributed by atoms with van der Waals surface area (Å²) in [6.07, 6.45) is 1.08. The number of ether oxygens (including phenoxy) is 2. The number of benzene rings is 2. The minimum Gasteiger partial charge on any atom is -0.466 e. The van der Waals surface area contributed by atoms with Crippen LogP contribution in [-0.2, 0) is 32.2 Å². The second-order valence-electron chi connectivity index (χ2n) is 6.19. The maximum Gasteiger partial charge on any atom is 0.354 e. The molecule has 1 N–H and O–H groups in total. The molecule has 0 aliphatic heterocycles. The van der Waals surface area contributed by atoms with Crippen LogP contribution in [0.5, 0.6) is 0 Å². The van der Waals surface area contributed by atoms with E-state index in [9.17, 15) is 9.59 Å². The van der Waals surface area contributed by atoms with Gasteiger partial charge in [0, 0.05) is 18.8 Å². The predicted octanol–water partition coefficient (Wildman–Crippen LogP) is 3.35. The van der Waals surface area contributed by atoms with Crippen LogP contribution in [0, 0.1) is 0 Å². The van der Waals surface area contributed by atoms with Crippen LogP contribution < -0.4 is 5.32 Å². The smallest absolute Gasteiger partial charge is 0.354 e. The molecule has 0 aromatic heterocycles. The van der Waals surface area contributed by atoms with Gasteiger partial charge in [0.1, 0.15) is 5.70 Å². The quantitative estimate of drug-likeness (QED) is 0.530. The highest BCUT2D eigenvalue weighted by atomic mass is 16.5. The highest BCUT2D eigenvalue weighted by Gasteiger charge is 2.13. The van der Waals surface area contributed by atoms with Crippen LogP contribution >= 0.6 is 0 Å². The summed E-state index contributed by atoms with van der Waals surface area (Å²) in [6.45, 7) is 4.64. The minimum absolute atomic E-state index is 0.0168. The number of methoxy groups -OCH3 is 2. The fourth-order valence-corrected chi connectivity index (χ4v) is 2.72. The molecule has 0 saturated carbocycles. The van der Waals surface area contributed by atoms with Gasteiger partial charge in [-0.15, -0.1) is 0 Å². The van der Waals surface area contributed by atoms with Gasteiger partial charge >= 0.3 is 11.9 Å². The van der Waals surface area contributed by atoms with Crippen molar-refractivity contribution in [2.75, 3.05) is 26.1 Å². The summed E-state index contributed by atoms with van der Waals surface area (Å²) in [7, 11) is 2.51. The van der Waals surface area contributed by atoms with E-state index in [2.05, 4.69) is 34.0 Å². The summed E-state index contributed by atoms with van der Waals surface area (Å²) in [5.41, 5.74) is 3.05. The van der Waals surface area contributed by atoms with E-state index in [1.807, 2.05) is 42.5 Å². The van der Waals surface area contributed by atoms with E-state index >= 15 is 0 Å². The van der Waals surface area contributed by atoms with E-state index < -0.39 is 11.9 Å². The third-order valence-electron chi connectivity index (χ3n) is 4.18. The number of rotatable bonds is 9. The van der Waals surface area contributed by atoms with E-state index in [1.54, 1.807) is 0 Å². The molecule has 0 bridgehead atoms. The van der Waals surface area contributed by atoms with Gasteiger partial charge in [-0.2, -0.15) is 0 Å². The lowest BCUT2D eigenvalue weighted by atomic mass is 10.1. The predicted molar refractivity (Wildman–Crippen MR) is 108 cm³/mol. The Balaban J connectivity index is 2.12. The third-order valence-corrected chi connectivity index (χ3v) is 4.18. The molecule has 0 aliphatic rings. The average molecular weight is 382 g/mol. The highest BCUT2D eigenvalue weighted by Crippen LogP contribution is 2.16. The largest absolute Gasteiger partial charge is 0.466 e. The number of nitrogens with zero attached hydrogens (tertiary/aromatic N) is 1. The Bertz CT molecular complexity index is 818. The normalized spacial score (nSPS) is 11.2. The Hall–Kier alpha value is -3.12. The molecule has 2 aromatic rings. The Morgan fingerprint density at radius 2 is 1.64 bits per heavy atom. The van der Waals surface area contributed by atoms with Gasteiger partial charge in [0.2, 0.25) is 0 Å². The van der Waals surface area contributed by atoms with Crippen molar-refractivity contribution in [2.45, 2.75) is 20.0 Å². The maximum absolute atomic E-state index is 11.9. The number of carbonyl (C=O) groups excluding carboxylic acids is 2. The summed E-state index contributed by atoms with van der Waals surface area (Å²) >= 11 is 0. The van der Waals surface area contributed by atoms with Gasteiger partial charge in [0.25, 0.3) is 0 Å². The monoisotopic (exact) mass is 382 g/mol. The lowest BCUT2D eigenvalue weighted by molar-refractivity contribution is -0.138. The van der Waals surface area contributed by atoms with Gasteiger partial charge in [0.15, 0.2) is 0 Å². The van der Waals surface area contributed by atoms with Crippen molar-refractivity contribution < 1.29 is 19.1 Å². The van der Waals surface area contributed by atoms with Gasteiger partial charge in [-0.05, 0) is 29.8 Å². The number of carbonyl (C=O) groups is 2. The molecule has 0 heterocycles. The van der Waals surface area contributed by atoms with Crippen LogP contribution in [0.2, 0.25) is 0 Å². The first-order valence-corrected chi connectivity index (χ1v) is 9.06. The van der Waals surface area contributed by atoms with E-state index in [0.717, 1.165) is 31.3 Å². The zero-order valence-electron chi connectivity index (χ0n) is 16.5. The zero-order valence-corrected chi connectivity index (χ0v) is 16.5. The van der Waals surface area contributed by atoms with Gasteiger partial charge in [-0.25, -0.2) is 9.59 Å². The molecule has 0 spiro atoms. The van der Waals surface area contributed by atoms with Crippen LogP contribution in [0.1, 0.15) is 18.1 Å². The summed E-state index contributed by atoms with van der Waals surface area (Å²) in [5.74, 6) is -1.28. The molecule has 0 amide bonds. The molecule has 2 rings (SSSR count). The molecule has 0 unspecified atom stereocenters. The summed E-state index contributed by atoms with van der Waals surface area (Å²) < 4.78 is 9.31. The van der Waals surface area contributed by atoms with E-state index in [4.69, 9.17) is 4.74 Å². The van der Waals surface area contributed by atoms with Gasteiger partial charge < -0.3 is 14.8 Å². The lowest BCUT2D eigenvalue weighted by Gasteiger charge is -2.21. The van der Waals surface area contributed by atoms with Crippen molar-refractivity contribution in [3.05, 3.63) is 77.5 Å². The minimum atomic E-state index is -0.643. The van der Waals surface area contributed by atoms with Crippen LogP contribution in [0.3, 0.4) is 0 Å². The average Bonchev–Trinajstić information content (AvgIpc) is 2.73. The van der Waals surface area contributed by atoms with E-state index in [0.29, 0.717) is 5.69 Å². The van der Waals surface area contributed by atoms with Crippen molar-refractivity contribution in [3.63, 3.8) is 0 Å². The fourth-order valence-electron chi connectivity index (χ4n) is 2.72. The molecule has 6 nitrogen and oxygen atoms in total. The fraction of sp³-hybridized carbons (Fsp3) is 0.273. The van der Waals surface area contributed by atoms with E-state index in [-0.39, 0.29) is 5.70 Å². The molecule has 0 saturated heterocycles. The molecule has 2 aromatic carbocycles. The highest BCUT2D eigenvalue weighted by molar-refractivity contribution is 5.98. The van der Waals surface area contributed by atoms with Crippen molar-refractivity contribution >= 4 is 17.6 Å². The summed E-state index contributed by atoms with van der Waals surface area (Å²) in [6, 6.07) is 18.0. The molecule has 0 radical (unpaired) electrons. The van der Waals surface area contributed by atoms with Gasteiger partial charge in [-0.3, -0.25) is 4.90 Å². The number of hydrogen-bond donors (Lipinski definition) is 1. The number of nitrogens with one attached hydrogen (secondary N) is 1. The Labute approximate surface area is 165 Å².